The van der Waals surface area contributed by atoms with E-state index in [0.717, 1.165) is 5.56 Å². The van der Waals surface area contributed by atoms with E-state index < -0.39 is 17.9 Å². The minimum absolute atomic E-state index is 0.209. The average molecular weight is 188 g/mol. The van der Waals surface area contributed by atoms with Gasteiger partial charge in [0.15, 0.2) is 0 Å². The Kier molecular flexibility index (Phi) is 1.93. The highest BCUT2D eigenvalue weighted by Gasteiger charge is 2.38. The first-order valence-corrected chi connectivity index (χ1v) is 4.20. The Morgan fingerprint density at radius 3 is 2.29 bits per heavy atom. The second kappa shape index (κ2) is 3.10. The van der Waals surface area contributed by atoms with Crippen LogP contribution in [0.15, 0.2) is 42.5 Å². The minimum Gasteiger partial charge on any atom is -0.389 e. The molecule has 70 valence electrons. The lowest BCUT2D eigenvalue weighted by molar-refractivity contribution is -0.151. The first kappa shape index (κ1) is 8.69. The van der Waals surface area contributed by atoms with Crippen LogP contribution in [0.2, 0.25) is 0 Å². The molecule has 1 unspecified atom stereocenters. The second-order valence-electron chi connectivity index (χ2n) is 3.08. The third kappa shape index (κ3) is 1.23. The summed E-state index contributed by atoms with van der Waals surface area (Å²) in [6.45, 7) is 3.55. The number of hydrogen-bond donors (Lipinski definition) is 0. The molecule has 1 saturated heterocycles. The Morgan fingerprint density at radius 2 is 1.79 bits per heavy atom. The van der Waals surface area contributed by atoms with E-state index in [-0.39, 0.29) is 5.57 Å². The fourth-order valence-corrected chi connectivity index (χ4v) is 1.46. The van der Waals surface area contributed by atoms with Crippen molar-refractivity contribution in [3.05, 3.63) is 48.0 Å². The van der Waals surface area contributed by atoms with Crippen molar-refractivity contribution in [3.8, 4) is 0 Å². The summed E-state index contributed by atoms with van der Waals surface area (Å²) in [6, 6.07) is 9.00. The molecule has 0 bridgehead atoms. The van der Waals surface area contributed by atoms with E-state index >= 15 is 0 Å². The summed E-state index contributed by atoms with van der Waals surface area (Å²) in [4.78, 5) is 22.3. The zero-order valence-electron chi connectivity index (χ0n) is 7.40. The van der Waals surface area contributed by atoms with Crippen LogP contribution in [0.25, 0.3) is 0 Å². The molecule has 0 amide bonds. The molecule has 1 aliphatic rings. The lowest BCUT2D eigenvalue weighted by atomic mass is 9.94. The summed E-state index contributed by atoms with van der Waals surface area (Å²) in [5.74, 6) is -1.78. The normalized spacial score (nSPS) is 21.1. The van der Waals surface area contributed by atoms with Crippen molar-refractivity contribution in [1.82, 2.24) is 0 Å². The highest BCUT2D eigenvalue weighted by molar-refractivity contribution is 6.09. The van der Waals surface area contributed by atoms with Gasteiger partial charge >= 0.3 is 11.9 Å². The number of carbonyl (C=O) groups is 2. The maximum atomic E-state index is 11.3. The predicted octanol–water partition coefficient (Wildman–Crippen LogP) is 1.41. The van der Waals surface area contributed by atoms with Gasteiger partial charge in [0.25, 0.3) is 0 Å². The molecule has 1 fully saturated rings. The largest absolute Gasteiger partial charge is 0.389 e. The van der Waals surface area contributed by atoms with Crippen LogP contribution in [0.4, 0.5) is 0 Å². The monoisotopic (exact) mass is 188 g/mol. The quantitative estimate of drug-likeness (QED) is 0.380. The second-order valence-corrected chi connectivity index (χ2v) is 3.08. The smallest absolute Gasteiger partial charge is 0.342 e. The molecule has 3 nitrogen and oxygen atoms in total. The summed E-state index contributed by atoms with van der Waals surface area (Å²) in [6.07, 6.45) is 0. The molecule has 1 aliphatic heterocycles. The zero-order chi connectivity index (χ0) is 10.1. The summed E-state index contributed by atoms with van der Waals surface area (Å²) in [5.41, 5.74) is 0.953. The van der Waals surface area contributed by atoms with Gasteiger partial charge in [-0.15, -0.1) is 0 Å². The van der Waals surface area contributed by atoms with Crippen LogP contribution in [0, 0.1) is 0 Å². The molecule has 14 heavy (non-hydrogen) atoms. The Morgan fingerprint density at radius 1 is 1.14 bits per heavy atom. The van der Waals surface area contributed by atoms with Crippen LogP contribution in [0.3, 0.4) is 0 Å². The third-order valence-electron chi connectivity index (χ3n) is 2.17. The number of cyclic esters (lactones) is 2. The Hall–Kier alpha value is -1.90. The zero-order valence-corrected chi connectivity index (χ0v) is 7.40. The number of ether oxygens (including phenoxy) is 1. The minimum atomic E-state index is -0.622. The molecular formula is C11H8O3. The average Bonchev–Trinajstić information content (AvgIpc) is 2.43. The lowest BCUT2D eigenvalue weighted by Gasteiger charge is -2.04. The summed E-state index contributed by atoms with van der Waals surface area (Å²) in [5, 5.41) is 0. The van der Waals surface area contributed by atoms with E-state index in [4.69, 9.17) is 0 Å². The molecule has 0 aliphatic carbocycles. The molecule has 0 saturated carbocycles. The van der Waals surface area contributed by atoms with Gasteiger partial charge in [-0.3, -0.25) is 4.79 Å². The maximum Gasteiger partial charge on any atom is 0.342 e. The van der Waals surface area contributed by atoms with Crippen LogP contribution >= 0.6 is 0 Å². The molecule has 3 heteroatoms. The first-order chi connectivity index (χ1) is 6.70. The number of esters is 2. The molecule has 2 rings (SSSR count). The van der Waals surface area contributed by atoms with Crippen molar-refractivity contribution in [2.24, 2.45) is 0 Å². The van der Waals surface area contributed by atoms with Crippen LogP contribution < -0.4 is 0 Å². The van der Waals surface area contributed by atoms with Gasteiger partial charge in [-0.05, 0) is 5.56 Å². The summed E-state index contributed by atoms with van der Waals surface area (Å²) >= 11 is 0. The van der Waals surface area contributed by atoms with Gasteiger partial charge in [0, 0.05) is 5.57 Å². The fourth-order valence-electron chi connectivity index (χ4n) is 1.46. The fraction of sp³-hybridized carbons (Fsp3) is 0.0909. The van der Waals surface area contributed by atoms with Crippen LogP contribution in [0.5, 0.6) is 0 Å². The molecular weight excluding hydrogens is 180 g/mol. The van der Waals surface area contributed by atoms with Gasteiger partial charge in [-0.1, -0.05) is 36.9 Å². The molecule has 1 heterocycles. The SMILES string of the molecule is C=C1C(=O)OC(=O)C1c1ccccc1. The Balaban J connectivity index is 2.41. The van der Waals surface area contributed by atoms with Crippen molar-refractivity contribution < 1.29 is 14.3 Å². The molecule has 0 spiro atoms. The van der Waals surface area contributed by atoms with E-state index in [9.17, 15) is 9.59 Å². The number of carbonyl (C=O) groups excluding carboxylic acids is 2. The Labute approximate surface area is 81.0 Å². The highest BCUT2D eigenvalue weighted by Crippen LogP contribution is 2.30. The van der Waals surface area contributed by atoms with Crippen LogP contribution in [-0.2, 0) is 14.3 Å². The molecule has 1 atom stereocenters. The van der Waals surface area contributed by atoms with Gasteiger partial charge < -0.3 is 4.74 Å². The van der Waals surface area contributed by atoms with Gasteiger partial charge in [0.2, 0.25) is 0 Å². The van der Waals surface area contributed by atoms with Crippen LogP contribution in [0.1, 0.15) is 11.5 Å². The van der Waals surface area contributed by atoms with Gasteiger partial charge in [-0.25, -0.2) is 4.79 Å². The van der Waals surface area contributed by atoms with Gasteiger partial charge in [-0.2, -0.15) is 0 Å². The molecule has 1 aromatic rings. The van der Waals surface area contributed by atoms with E-state index in [2.05, 4.69) is 11.3 Å². The van der Waals surface area contributed by atoms with Crippen molar-refractivity contribution in [3.63, 3.8) is 0 Å². The van der Waals surface area contributed by atoms with E-state index in [1.807, 2.05) is 6.07 Å². The van der Waals surface area contributed by atoms with Crippen molar-refractivity contribution in [2.45, 2.75) is 5.92 Å². The van der Waals surface area contributed by atoms with Crippen molar-refractivity contribution in [2.75, 3.05) is 0 Å². The standard InChI is InChI=1S/C11H8O3/c1-7-9(11(13)14-10(7)12)8-5-3-2-4-6-8/h2-6,9H,1H2. The van der Waals surface area contributed by atoms with Crippen LogP contribution in [-0.4, -0.2) is 11.9 Å². The van der Waals surface area contributed by atoms with Crippen molar-refractivity contribution in [1.29, 1.82) is 0 Å². The van der Waals surface area contributed by atoms with Gasteiger partial charge in [0.05, 0.1) is 0 Å². The highest BCUT2D eigenvalue weighted by atomic mass is 16.6. The molecule has 0 N–H and O–H groups in total. The number of benzene rings is 1. The third-order valence-corrected chi connectivity index (χ3v) is 2.17. The maximum absolute atomic E-state index is 11.3. The van der Waals surface area contributed by atoms with Gasteiger partial charge in [0.1, 0.15) is 5.92 Å². The van der Waals surface area contributed by atoms with Crippen molar-refractivity contribution >= 4 is 11.9 Å². The molecule has 0 radical (unpaired) electrons. The number of rotatable bonds is 1. The summed E-state index contributed by atoms with van der Waals surface area (Å²) < 4.78 is 4.46. The molecule has 0 aromatic heterocycles. The summed E-state index contributed by atoms with van der Waals surface area (Å²) in [7, 11) is 0. The Bertz CT molecular complexity index is 406. The molecule has 1 aromatic carbocycles. The van der Waals surface area contributed by atoms with E-state index in [1.165, 1.54) is 0 Å². The predicted molar refractivity (Wildman–Crippen MR) is 49.4 cm³/mol. The lowest BCUT2D eigenvalue weighted by Crippen LogP contribution is -2.06. The number of hydrogen-bond acceptors (Lipinski definition) is 3. The first-order valence-electron chi connectivity index (χ1n) is 4.20. The van der Waals surface area contributed by atoms with E-state index in [1.54, 1.807) is 24.3 Å². The van der Waals surface area contributed by atoms with E-state index in [0.29, 0.717) is 0 Å². The topological polar surface area (TPSA) is 43.4 Å².